The van der Waals surface area contributed by atoms with E-state index in [1.54, 1.807) is 12.1 Å². The van der Waals surface area contributed by atoms with Gasteiger partial charge in [-0.3, -0.25) is 4.90 Å². The van der Waals surface area contributed by atoms with Crippen molar-refractivity contribution in [1.29, 1.82) is 0 Å². The molecule has 0 amide bonds. The van der Waals surface area contributed by atoms with Crippen LogP contribution in [0.4, 0.5) is 0 Å². The van der Waals surface area contributed by atoms with Gasteiger partial charge in [-0.05, 0) is 24.7 Å². The van der Waals surface area contributed by atoms with Crippen LogP contribution in [0.15, 0.2) is 24.3 Å². The van der Waals surface area contributed by atoms with E-state index in [9.17, 15) is 10.2 Å². The Labute approximate surface area is 108 Å². The van der Waals surface area contributed by atoms with Gasteiger partial charge < -0.3 is 14.9 Å². The summed E-state index contributed by atoms with van der Waals surface area (Å²) in [5, 5.41) is 19.8. The molecule has 0 bridgehead atoms. The number of aromatic hydroxyl groups is 1. The molecule has 100 valence electrons. The van der Waals surface area contributed by atoms with Crippen LogP contribution < -0.4 is 0 Å². The first-order valence-corrected chi connectivity index (χ1v) is 6.34. The third-order valence-electron chi connectivity index (χ3n) is 3.35. The maximum atomic E-state index is 10.4. The van der Waals surface area contributed by atoms with E-state index >= 15 is 0 Å². The highest BCUT2D eigenvalue weighted by atomic mass is 16.5. The van der Waals surface area contributed by atoms with Crippen molar-refractivity contribution in [3.8, 4) is 5.75 Å². The lowest BCUT2D eigenvalue weighted by Crippen LogP contribution is -2.45. The van der Waals surface area contributed by atoms with Gasteiger partial charge in [-0.15, -0.1) is 0 Å². The number of likely N-dealkylation sites (N-methyl/N-ethyl adjacent to an activating group) is 1. The second-order valence-electron chi connectivity index (χ2n) is 5.18. The summed E-state index contributed by atoms with van der Waals surface area (Å²) >= 11 is 0. The average Bonchev–Trinajstić information content (AvgIpc) is 2.28. The minimum atomic E-state index is -0.635. The summed E-state index contributed by atoms with van der Waals surface area (Å²) in [7, 11) is 1.98. The third-order valence-corrected chi connectivity index (χ3v) is 3.35. The molecule has 0 spiro atoms. The molecule has 1 aliphatic rings. The SMILES string of the molecule is CN(Cc1cccc(O)c1)CC1(O)CCOCC1. The molecule has 2 N–H and O–H groups in total. The van der Waals surface area contributed by atoms with Crippen molar-refractivity contribution < 1.29 is 14.9 Å². The lowest BCUT2D eigenvalue weighted by molar-refractivity contribution is -0.0777. The fraction of sp³-hybridized carbons (Fsp3) is 0.571. The van der Waals surface area contributed by atoms with Crippen LogP contribution in [0.1, 0.15) is 18.4 Å². The standard InChI is InChI=1S/C14H21NO3/c1-15(10-12-3-2-4-13(16)9-12)11-14(17)5-7-18-8-6-14/h2-4,9,16-17H,5-8,10-11H2,1H3. The molecule has 1 aromatic rings. The predicted octanol–water partition coefficient (Wildman–Crippen LogP) is 1.37. The first kappa shape index (κ1) is 13.3. The van der Waals surface area contributed by atoms with Gasteiger partial charge in [0.1, 0.15) is 5.75 Å². The van der Waals surface area contributed by atoms with E-state index in [0.717, 1.165) is 12.1 Å². The summed E-state index contributed by atoms with van der Waals surface area (Å²) in [5.41, 5.74) is 0.414. The van der Waals surface area contributed by atoms with Crippen molar-refractivity contribution >= 4 is 0 Å². The minimum Gasteiger partial charge on any atom is -0.508 e. The minimum absolute atomic E-state index is 0.283. The molecular formula is C14H21NO3. The zero-order chi connectivity index (χ0) is 13.0. The number of benzene rings is 1. The summed E-state index contributed by atoms with van der Waals surface area (Å²) in [4.78, 5) is 2.08. The van der Waals surface area contributed by atoms with Crippen LogP contribution >= 0.6 is 0 Å². The van der Waals surface area contributed by atoms with E-state index in [0.29, 0.717) is 32.6 Å². The molecular weight excluding hydrogens is 230 g/mol. The highest BCUT2D eigenvalue weighted by Gasteiger charge is 2.30. The van der Waals surface area contributed by atoms with E-state index < -0.39 is 5.60 Å². The fourth-order valence-corrected chi connectivity index (χ4v) is 2.43. The Morgan fingerprint density at radius 1 is 1.33 bits per heavy atom. The maximum Gasteiger partial charge on any atom is 0.115 e. The summed E-state index contributed by atoms with van der Waals surface area (Å²) in [6, 6.07) is 7.23. The zero-order valence-corrected chi connectivity index (χ0v) is 10.8. The third kappa shape index (κ3) is 3.70. The van der Waals surface area contributed by atoms with Gasteiger partial charge in [-0.1, -0.05) is 12.1 Å². The molecule has 0 saturated carbocycles. The van der Waals surface area contributed by atoms with Gasteiger partial charge in [-0.25, -0.2) is 0 Å². The second-order valence-corrected chi connectivity index (χ2v) is 5.18. The van der Waals surface area contributed by atoms with Crippen LogP contribution in [-0.2, 0) is 11.3 Å². The van der Waals surface area contributed by atoms with Gasteiger partial charge >= 0.3 is 0 Å². The van der Waals surface area contributed by atoms with Crippen LogP contribution in [0.25, 0.3) is 0 Å². The van der Waals surface area contributed by atoms with Crippen molar-refractivity contribution in [2.75, 3.05) is 26.8 Å². The van der Waals surface area contributed by atoms with Crippen molar-refractivity contribution in [1.82, 2.24) is 4.90 Å². The number of nitrogens with zero attached hydrogens (tertiary/aromatic N) is 1. The zero-order valence-electron chi connectivity index (χ0n) is 10.8. The second kappa shape index (κ2) is 5.69. The molecule has 0 unspecified atom stereocenters. The molecule has 2 rings (SSSR count). The van der Waals surface area contributed by atoms with Gasteiger partial charge in [0.05, 0.1) is 5.60 Å². The van der Waals surface area contributed by atoms with Crippen molar-refractivity contribution in [2.24, 2.45) is 0 Å². The fourth-order valence-electron chi connectivity index (χ4n) is 2.43. The van der Waals surface area contributed by atoms with Crippen LogP contribution in [-0.4, -0.2) is 47.5 Å². The lowest BCUT2D eigenvalue weighted by Gasteiger charge is -2.35. The Hall–Kier alpha value is -1.10. The normalized spacial score (nSPS) is 19.1. The van der Waals surface area contributed by atoms with Crippen molar-refractivity contribution in [3.05, 3.63) is 29.8 Å². The Morgan fingerprint density at radius 2 is 2.06 bits per heavy atom. The van der Waals surface area contributed by atoms with Crippen molar-refractivity contribution in [3.63, 3.8) is 0 Å². The summed E-state index contributed by atoms with van der Waals surface area (Å²) in [6.07, 6.45) is 1.38. The average molecular weight is 251 g/mol. The molecule has 0 atom stereocenters. The molecule has 1 fully saturated rings. The molecule has 0 radical (unpaired) electrons. The highest BCUT2D eigenvalue weighted by Crippen LogP contribution is 2.22. The Kier molecular flexibility index (Phi) is 4.22. The molecule has 4 heteroatoms. The highest BCUT2D eigenvalue weighted by molar-refractivity contribution is 5.26. The molecule has 18 heavy (non-hydrogen) atoms. The smallest absolute Gasteiger partial charge is 0.115 e. The number of hydrogen-bond acceptors (Lipinski definition) is 4. The molecule has 1 aliphatic heterocycles. The first-order chi connectivity index (χ1) is 8.57. The van der Waals surface area contributed by atoms with E-state index in [2.05, 4.69) is 4.90 Å². The van der Waals surface area contributed by atoms with Crippen LogP contribution in [0.3, 0.4) is 0 Å². The molecule has 1 saturated heterocycles. The lowest BCUT2D eigenvalue weighted by atomic mass is 9.94. The number of phenols is 1. The van der Waals surface area contributed by atoms with E-state index in [4.69, 9.17) is 4.74 Å². The van der Waals surface area contributed by atoms with Crippen LogP contribution in [0.5, 0.6) is 5.75 Å². The quantitative estimate of drug-likeness (QED) is 0.848. The number of rotatable bonds is 4. The largest absolute Gasteiger partial charge is 0.508 e. The van der Waals surface area contributed by atoms with Crippen LogP contribution in [0.2, 0.25) is 0 Å². The molecule has 1 heterocycles. The van der Waals surface area contributed by atoms with Crippen molar-refractivity contribution in [2.45, 2.75) is 25.0 Å². The Bertz CT molecular complexity index is 388. The predicted molar refractivity (Wildman–Crippen MR) is 69.4 cm³/mol. The molecule has 0 aromatic heterocycles. The van der Waals surface area contributed by atoms with Crippen LogP contribution in [0, 0.1) is 0 Å². The summed E-state index contributed by atoms with van der Waals surface area (Å²) in [6.45, 7) is 2.62. The van der Waals surface area contributed by atoms with Gasteiger partial charge in [-0.2, -0.15) is 0 Å². The van der Waals surface area contributed by atoms with E-state index in [-0.39, 0.29) is 5.75 Å². The summed E-state index contributed by atoms with van der Waals surface area (Å²) < 4.78 is 5.27. The molecule has 0 aliphatic carbocycles. The van der Waals surface area contributed by atoms with Gasteiger partial charge in [0.15, 0.2) is 0 Å². The Balaban J connectivity index is 1.90. The first-order valence-electron chi connectivity index (χ1n) is 6.34. The number of hydrogen-bond donors (Lipinski definition) is 2. The van der Waals surface area contributed by atoms with E-state index in [1.165, 1.54) is 0 Å². The number of ether oxygens (including phenoxy) is 1. The number of phenolic OH excluding ortho intramolecular Hbond substituents is 1. The number of aliphatic hydroxyl groups is 1. The molecule has 1 aromatic carbocycles. The molecule has 4 nitrogen and oxygen atoms in total. The summed E-state index contributed by atoms with van der Waals surface area (Å²) in [5.74, 6) is 0.283. The van der Waals surface area contributed by atoms with Gasteiger partial charge in [0.2, 0.25) is 0 Å². The Morgan fingerprint density at radius 3 is 2.72 bits per heavy atom. The topological polar surface area (TPSA) is 52.9 Å². The maximum absolute atomic E-state index is 10.4. The van der Waals surface area contributed by atoms with E-state index in [1.807, 2.05) is 19.2 Å². The van der Waals surface area contributed by atoms with Gasteiger partial charge in [0.25, 0.3) is 0 Å². The monoisotopic (exact) mass is 251 g/mol. The van der Waals surface area contributed by atoms with Gasteiger partial charge in [0, 0.05) is 39.1 Å².